The van der Waals surface area contributed by atoms with Gasteiger partial charge in [-0.1, -0.05) is 0 Å². The predicted molar refractivity (Wildman–Crippen MR) is 81.4 cm³/mol. The second-order valence-corrected chi connectivity index (χ2v) is 5.95. The van der Waals surface area contributed by atoms with Crippen LogP contribution in [0, 0.1) is 0 Å². The zero-order chi connectivity index (χ0) is 15.3. The highest BCUT2D eigenvalue weighted by atomic mass is 16.5. The van der Waals surface area contributed by atoms with Crippen LogP contribution >= 0.6 is 0 Å². The molecule has 2 aliphatic rings. The van der Waals surface area contributed by atoms with E-state index in [-0.39, 0.29) is 17.4 Å². The number of nitrogens with zero attached hydrogens (tertiary/aromatic N) is 1. The fraction of sp³-hybridized carbons (Fsp3) is 0.353. The molecule has 0 saturated carbocycles. The maximum atomic E-state index is 9.90. The summed E-state index contributed by atoms with van der Waals surface area (Å²) in [5, 5.41) is 23.2. The minimum absolute atomic E-state index is 0.0510. The normalized spacial score (nSPS) is 22.4. The van der Waals surface area contributed by atoms with Crippen LogP contribution in [-0.2, 0) is 13.0 Å². The molecule has 0 saturated heterocycles. The number of aryl methyl sites for hydroxylation is 1. The van der Waals surface area contributed by atoms with Gasteiger partial charge in [-0.25, -0.2) is 0 Å². The summed E-state index contributed by atoms with van der Waals surface area (Å²) in [6.45, 7) is 0.750. The summed E-state index contributed by atoms with van der Waals surface area (Å²) in [5.41, 5.74) is 4.32. The highest BCUT2D eigenvalue weighted by Gasteiger charge is 2.36. The second-order valence-electron chi connectivity index (χ2n) is 5.95. The molecule has 1 aromatic carbocycles. The van der Waals surface area contributed by atoms with Gasteiger partial charge >= 0.3 is 0 Å². The molecule has 5 nitrogen and oxygen atoms in total. The van der Waals surface area contributed by atoms with Crippen molar-refractivity contribution >= 4 is 0 Å². The van der Waals surface area contributed by atoms with Gasteiger partial charge in [0.2, 0.25) is 0 Å². The van der Waals surface area contributed by atoms with Crippen molar-refractivity contribution in [2.75, 3.05) is 7.11 Å². The van der Waals surface area contributed by atoms with Gasteiger partial charge in [-0.3, -0.25) is 4.98 Å². The molecule has 1 aliphatic carbocycles. The van der Waals surface area contributed by atoms with E-state index < -0.39 is 0 Å². The summed E-state index contributed by atoms with van der Waals surface area (Å²) >= 11 is 0. The zero-order valence-electron chi connectivity index (χ0n) is 12.3. The molecule has 3 N–H and O–H groups in total. The first kappa shape index (κ1) is 13.4. The van der Waals surface area contributed by atoms with E-state index in [2.05, 4.69) is 10.3 Å². The number of phenolic OH excluding ortho intramolecular Hbond substituents is 2. The number of pyridine rings is 1. The van der Waals surface area contributed by atoms with E-state index in [0.29, 0.717) is 6.04 Å². The standard InChI is InChI=1S/C17H18N2O3/c1-22-10-5-12-14(18-7-10)8-19-13-3-2-9-4-15(20)16(21)6-11(9)17(12)13/h4-7,13,17,19-21H,2-3,8H2,1H3/t13-,17+/m1/s1. The Morgan fingerprint density at radius 1 is 1.18 bits per heavy atom. The van der Waals surface area contributed by atoms with Crippen LogP contribution in [0.2, 0.25) is 0 Å². The Hall–Kier alpha value is -2.27. The van der Waals surface area contributed by atoms with Crippen molar-refractivity contribution in [3.05, 3.63) is 46.8 Å². The third-order valence-electron chi connectivity index (χ3n) is 4.78. The van der Waals surface area contributed by atoms with Crippen LogP contribution < -0.4 is 10.1 Å². The summed E-state index contributed by atoms with van der Waals surface area (Å²) in [4.78, 5) is 4.49. The molecule has 0 fully saturated rings. The Bertz CT molecular complexity index is 745. The van der Waals surface area contributed by atoms with Crippen LogP contribution in [0.1, 0.15) is 34.7 Å². The lowest BCUT2D eigenvalue weighted by molar-refractivity contribution is 0.372. The Balaban J connectivity index is 1.90. The molecule has 4 rings (SSSR count). The van der Waals surface area contributed by atoms with Crippen molar-refractivity contribution in [1.82, 2.24) is 10.3 Å². The van der Waals surface area contributed by atoms with Gasteiger partial charge in [0.05, 0.1) is 19.0 Å². The Morgan fingerprint density at radius 2 is 2.00 bits per heavy atom. The molecule has 2 aromatic rings. The molecule has 0 bridgehead atoms. The van der Waals surface area contributed by atoms with Crippen molar-refractivity contribution < 1.29 is 14.9 Å². The Morgan fingerprint density at radius 3 is 2.82 bits per heavy atom. The van der Waals surface area contributed by atoms with Gasteiger partial charge in [-0.05, 0) is 47.7 Å². The number of nitrogens with one attached hydrogen (secondary N) is 1. The first-order valence-electron chi connectivity index (χ1n) is 7.48. The number of hydrogen-bond acceptors (Lipinski definition) is 5. The predicted octanol–water partition coefficient (Wildman–Crippen LogP) is 2.05. The smallest absolute Gasteiger partial charge is 0.157 e. The van der Waals surface area contributed by atoms with Gasteiger partial charge in [0.25, 0.3) is 0 Å². The minimum atomic E-state index is -0.0672. The molecule has 114 valence electrons. The van der Waals surface area contributed by atoms with E-state index in [4.69, 9.17) is 4.74 Å². The van der Waals surface area contributed by atoms with E-state index in [1.807, 2.05) is 6.07 Å². The molecule has 0 amide bonds. The van der Waals surface area contributed by atoms with Crippen LogP contribution in [0.15, 0.2) is 24.4 Å². The molecule has 5 heteroatoms. The van der Waals surface area contributed by atoms with Gasteiger partial charge in [0.1, 0.15) is 5.75 Å². The quantitative estimate of drug-likeness (QED) is 0.703. The van der Waals surface area contributed by atoms with E-state index >= 15 is 0 Å². The monoisotopic (exact) mass is 298 g/mol. The lowest BCUT2D eigenvalue weighted by atomic mass is 9.73. The van der Waals surface area contributed by atoms with Crippen LogP contribution in [0.25, 0.3) is 0 Å². The maximum Gasteiger partial charge on any atom is 0.157 e. The molecular formula is C17H18N2O3. The van der Waals surface area contributed by atoms with E-state index in [1.165, 1.54) is 0 Å². The number of hydrogen-bond donors (Lipinski definition) is 3. The SMILES string of the molecule is COc1cnc2c(c1)[C@@H]1c3cc(O)c(O)cc3CC[C@H]1NC2. The molecule has 2 heterocycles. The largest absolute Gasteiger partial charge is 0.504 e. The molecule has 1 aliphatic heterocycles. The van der Waals surface area contributed by atoms with Crippen molar-refractivity contribution in [3.63, 3.8) is 0 Å². The number of benzene rings is 1. The number of ether oxygens (including phenoxy) is 1. The second kappa shape index (κ2) is 4.88. The van der Waals surface area contributed by atoms with Gasteiger partial charge in [0.15, 0.2) is 11.5 Å². The van der Waals surface area contributed by atoms with Crippen molar-refractivity contribution in [3.8, 4) is 17.2 Å². The highest BCUT2D eigenvalue weighted by Crippen LogP contribution is 2.44. The topological polar surface area (TPSA) is 74.6 Å². The third-order valence-corrected chi connectivity index (χ3v) is 4.78. The molecule has 22 heavy (non-hydrogen) atoms. The summed E-state index contributed by atoms with van der Waals surface area (Å²) in [5.74, 6) is 0.753. The van der Waals surface area contributed by atoms with Crippen LogP contribution in [0.5, 0.6) is 17.2 Å². The van der Waals surface area contributed by atoms with Crippen LogP contribution in [-0.4, -0.2) is 28.3 Å². The summed E-state index contributed by atoms with van der Waals surface area (Å²) in [7, 11) is 1.64. The summed E-state index contributed by atoms with van der Waals surface area (Å²) in [6.07, 6.45) is 3.63. The number of phenols is 2. The Labute approximate surface area is 128 Å². The average molecular weight is 298 g/mol. The van der Waals surface area contributed by atoms with Gasteiger partial charge in [-0.2, -0.15) is 0 Å². The summed E-state index contributed by atoms with van der Waals surface area (Å²) in [6, 6.07) is 5.73. The van der Waals surface area contributed by atoms with Crippen LogP contribution in [0.4, 0.5) is 0 Å². The van der Waals surface area contributed by atoms with Crippen LogP contribution in [0.3, 0.4) is 0 Å². The molecule has 0 spiro atoms. The van der Waals surface area contributed by atoms with Crippen molar-refractivity contribution in [2.24, 2.45) is 0 Å². The first-order valence-corrected chi connectivity index (χ1v) is 7.48. The number of fused-ring (bicyclic) bond motifs is 5. The number of methoxy groups -OCH3 is 1. The molecule has 1 aromatic heterocycles. The molecule has 0 unspecified atom stereocenters. The third kappa shape index (κ3) is 1.93. The van der Waals surface area contributed by atoms with Crippen molar-refractivity contribution in [1.29, 1.82) is 0 Å². The molecule has 2 atom stereocenters. The minimum Gasteiger partial charge on any atom is -0.504 e. The fourth-order valence-electron chi connectivity index (χ4n) is 3.69. The van der Waals surface area contributed by atoms with Gasteiger partial charge in [0, 0.05) is 18.5 Å². The van der Waals surface area contributed by atoms with Gasteiger partial charge < -0.3 is 20.3 Å². The average Bonchev–Trinajstić information content (AvgIpc) is 2.55. The Kier molecular flexibility index (Phi) is 2.97. The molecule has 0 radical (unpaired) electrons. The number of rotatable bonds is 1. The van der Waals surface area contributed by atoms with E-state index in [0.717, 1.165) is 47.5 Å². The summed E-state index contributed by atoms with van der Waals surface area (Å²) < 4.78 is 5.32. The molecular weight excluding hydrogens is 280 g/mol. The fourth-order valence-corrected chi connectivity index (χ4v) is 3.69. The maximum absolute atomic E-state index is 9.90. The lowest BCUT2D eigenvalue weighted by Crippen LogP contribution is -2.43. The lowest BCUT2D eigenvalue weighted by Gasteiger charge is -2.39. The van der Waals surface area contributed by atoms with Crippen molar-refractivity contribution in [2.45, 2.75) is 31.3 Å². The van der Waals surface area contributed by atoms with E-state index in [1.54, 1.807) is 25.4 Å². The first-order chi connectivity index (χ1) is 10.7. The van der Waals surface area contributed by atoms with Gasteiger partial charge in [-0.15, -0.1) is 0 Å². The number of aromatic nitrogens is 1. The zero-order valence-corrected chi connectivity index (χ0v) is 12.3. The number of aromatic hydroxyl groups is 2. The van der Waals surface area contributed by atoms with E-state index in [9.17, 15) is 10.2 Å². The highest BCUT2D eigenvalue weighted by molar-refractivity contribution is 5.53.